The second-order valence-corrected chi connectivity index (χ2v) is 6.70. The van der Waals surface area contributed by atoms with Gasteiger partial charge < -0.3 is 9.47 Å². The summed E-state index contributed by atoms with van der Waals surface area (Å²) in [6.45, 7) is 1.98. The number of hydrogen-bond acceptors (Lipinski definition) is 6. The molecule has 0 saturated heterocycles. The lowest BCUT2D eigenvalue weighted by molar-refractivity contribution is -0.384. The van der Waals surface area contributed by atoms with Crippen LogP contribution in [-0.4, -0.2) is 16.7 Å². The molecule has 0 spiro atoms. The number of nitrogens with zero attached hydrogens (tertiary/aromatic N) is 1. The van der Waals surface area contributed by atoms with Crippen LogP contribution in [0.25, 0.3) is 6.08 Å². The molecule has 0 unspecified atom stereocenters. The first-order valence-corrected chi connectivity index (χ1v) is 9.02. The van der Waals surface area contributed by atoms with Crippen molar-refractivity contribution in [3.63, 3.8) is 0 Å². The number of carbonyl (C=O) groups excluding carboxylic acids is 2. The van der Waals surface area contributed by atoms with Crippen molar-refractivity contribution in [2.45, 2.75) is 6.92 Å². The molecule has 1 aliphatic heterocycles. The zero-order valence-electron chi connectivity index (χ0n) is 15.8. The van der Waals surface area contributed by atoms with Gasteiger partial charge in [0.2, 0.25) is 5.78 Å². The summed E-state index contributed by atoms with van der Waals surface area (Å²) in [6.07, 6.45) is 1.66. The van der Waals surface area contributed by atoms with E-state index in [9.17, 15) is 19.7 Å². The van der Waals surface area contributed by atoms with Crippen LogP contribution < -0.4 is 9.47 Å². The third-order valence-electron chi connectivity index (χ3n) is 4.54. The average Bonchev–Trinajstić information content (AvgIpc) is 3.04. The van der Waals surface area contributed by atoms with Gasteiger partial charge in [0.05, 0.1) is 16.1 Å². The van der Waals surface area contributed by atoms with Crippen LogP contribution in [0.15, 0.2) is 72.5 Å². The van der Waals surface area contributed by atoms with Crippen LogP contribution in [0.5, 0.6) is 11.5 Å². The number of aryl methyl sites for hydroxylation is 1. The maximum Gasteiger partial charge on any atom is 0.343 e. The van der Waals surface area contributed by atoms with E-state index in [4.69, 9.17) is 9.47 Å². The number of nitro groups is 1. The van der Waals surface area contributed by atoms with Gasteiger partial charge >= 0.3 is 5.97 Å². The molecule has 1 aliphatic rings. The largest absolute Gasteiger partial charge is 0.452 e. The molecule has 0 N–H and O–H groups in total. The summed E-state index contributed by atoms with van der Waals surface area (Å²) in [7, 11) is 0. The number of non-ortho nitro benzene ring substituents is 1. The third kappa shape index (κ3) is 3.81. The Balaban J connectivity index is 1.51. The van der Waals surface area contributed by atoms with E-state index in [1.807, 2.05) is 31.2 Å². The van der Waals surface area contributed by atoms with Crippen LogP contribution in [0.2, 0.25) is 0 Å². The fourth-order valence-electron chi connectivity index (χ4n) is 2.93. The van der Waals surface area contributed by atoms with Crippen molar-refractivity contribution in [2.24, 2.45) is 0 Å². The predicted octanol–water partition coefficient (Wildman–Crippen LogP) is 4.74. The molecule has 4 rings (SSSR count). The molecule has 0 amide bonds. The van der Waals surface area contributed by atoms with Crippen molar-refractivity contribution in [1.82, 2.24) is 0 Å². The highest BCUT2D eigenvalue weighted by atomic mass is 16.6. The summed E-state index contributed by atoms with van der Waals surface area (Å²) in [4.78, 5) is 35.0. The number of allylic oxidation sites excluding steroid dienone is 1. The number of nitro benzene ring substituents is 1. The highest BCUT2D eigenvalue weighted by molar-refractivity contribution is 6.14. The highest BCUT2D eigenvalue weighted by Gasteiger charge is 2.28. The van der Waals surface area contributed by atoms with Crippen LogP contribution in [0.1, 0.15) is 31.8 Å². The Morgan fingerprint density at radius 3 is 2.40 bits per heavy atom. The van der Waals surface area contributed by atoms with E-state index in [1.165, 1.54) is 42.5 Å². The van der Waals surface area contributed by atoms with E-state index < -0.39 is 10.9 Å². The van der Waals surface area contributed by atoms with Gasteiger partial charge in [-0.2, -0.15) is 0 Å². The van der Waals surface area contributed by atoms with Gasteiger partial charge in [-0.05, 0) is 42.8 Å². The number of esters is 1. The molecule has 1 heterocycles. The van der Waals surface area contributed by atoms with Crippen molar-refractivity contribution in [1.29, 1.82) is 0 Å². The second kappa shape index (κ2) is 7.63. The van der Waals surface area contributed by atoms with Gasteiger partial charge in [-0.3, -0.25) is 14.9 Å². The van der Waals surface area contributed by atoms with Gasteiger partial charge in [0.15, 0.2) is 5.76 Å². The minimum absolute atomic E-state index is 0.121. The number of ether oxygens (including phenoxy) is 2. The van der Waals surface area contributed by atoms with Crippen LogP contribution >= 0.6 is 0 Å². The maximum atomic E-state index is 12.6. The number of rotatable bonds is 4. The topological polar surface area (TPSA) is 95.7 Å². The Morgan fingerprint density at radius 2 is 1.73 bits per heavy atom. The Bertz CT molecular complexity index is 1190. The van der Waals surface area contributed by atoms with Crippen LogP contribution in [0, 0.1) is 17.0 Å². The van der Waals surface area contributed by atoms with Crippen molar-refractivity contribution in [3.05, 3.63) is 105 Å². The zero-order valence-corrected chi connectivity index (χ0v) is 15.8. The van der Waals surface area contributed by atoms with E-state index in [1.54, 1.807) is 6.08 Å². The van der Waals surface area contributed by atoms with E-state index in [-0.39, 0.29) is 28.5 Å². The Kier molecular flexibility index (Phi) is 4.85. The number of carbonyl (C=O) groups is 2. The smallest absolute Gasteiger partial charge is 0.343 e. The fourth-order valence-corrected chi connectivity index (χ4v) is 2.93. The maximum absolute atomic E-state index is 12.6. The summed E-state index contributed by atoms with van der Waals surface area (Å²) in [6, 6.07) is 17.2. The van der Waals surface area contributed by atoms with Crippen molar-refractivity contribution >= 4 is 23.5 Å². The Labute approximate surface area is 171 Å². The van der Waals surface area contributed by atoms with Gasteiger partial charge in [-0.15, -0.1) is 0 Å². The lowest BCUT2D eigenvalue weighted by atomic mass is 10.1. The fraction of sp³-hybridized carbons (Fsp3) is 0.0435. The van der Waals surface area contributed by atoms with E-state index in [0.29, 0.717) is 11.3 Å². The predicted molar refractivity (Wildman–Crippen MR) is 109 cm³/mol. The van der Waals surface area contributed by atoms with E-state index in [0.717, 1.165) is 11.1 Å². The molecule has 3 aromatic rings. The van der Waals surface area contributed by atoms with Crippen LogP contribution in [0.4, 0.5) is 5.69 Å². The van der Waals surface area contributed by atoms with Crippen LogP contribution in [-0.2, 0) is 0 Å². The van der Waals surface area contributed by atoms with Gasteiger partial charge in [0.25, 0.3) is 5.69 Å². The molecule has 3 aromatic carbocycles. The van der Waals surface area contributed by atoms with Crippen molar-refractivity contribution in [2.75, 3.05) is 0 Å². The number of fused-ring (bicyclic) bond motifs is 1. The standard InChI is InChI=1S/C23H15NO6/c1-14-2-4-15(5-3-14)12-21-22(25)19-11-10-18(13-20(19)30-21)29-23(26)16-6-8-17(9-7-16)24(27)28/h2-13H,1H3. The zero-order chi connectivity index (χ0) is 21.3. The highest BCUT2D eigenvalue weighted by Crippen LogP contribution is 2.35. The molecule has 0 aromatic heterocycles. The Hall–Kier alpha value is -4.26. The summed E-state index contributed by atoms with van der Waals surface area (Å²) in [5.74, 6) is -0.245. The summed E-state index contributed by atoms with van der Waals surface area (Å²) >= 11 is 0. The Morgan fingerprint density at radius 1 is 1.03 bits per heavy atom. The second-order valence-electron chi connectivity index (χ2n) is 6.70. The number of hydrogen-bond donors (Lipinski definition) is 0. The molecule has 7 heteroatoms. The minimum atomic E-state index is -0.676. The van der Waals surface area contributed by atoms with Crippen molar-refractivity contribution < 1.29 is 24.0 Å². The molecular weight excluding hydrogens is 386 g/mol. The molecule has 0 fully saturated rings. The molecule has 0 atom stereocenters. The van der Waals surface area contributed by atoms with E-state index in [2.05, 4.69) is 0 Å². The first-order chi connectivity index (χ1) is 14.4. The lowest BCUT2D eigenvalue weighted by Crippen LogP contribution is -2.08. The molecule has 148 valence electrons. The molecule has 0 radical (unpaired) electrons. The first-order valence-electron chi connectivity index (χ1n) is 9.02. The first kappa shape index (κ1) is 19.1. The SMILES string of the molecule is Cc1ccc(C=C2Oc3cc(OC(=O)c4ccc([N+](=O)[O-])cc4)ccc3C2=O)cc1. The average molecular weight is 401 g/mol. The number of benzene rings is 3. The lowest BCUT2D eigenvalue weighted by Gasteiger charge is -2.05. The monoisotopic (exact) mass is 401 g/mol. The van der Waals surface area contributed by atoms with Gasteiger partial charge in [-0.25, -0.2) is 4.79 Å². The quantitative estimate of drug-likeness (QED) is 0.206. The summed E-state index contributed by atoms with van der Waals surface area (Å²) < 4.78 is 11.0. The van der Waals surface area contributed by atoms with Crippen molar-refractivity contribution in [3.8, 4) is 11.5 Å². The summed E-state index contributed by atoms with van der Waals surface area (Å²) in [5.41, 5.74) is 2.37. The molecule has 7 nitrogen and oxygen atoms in total. The van der Waals surface area contributed by atoms with Gasteiger partial charge in [0, 0.05) is 18.2 Å². The van der Waals surface area contributed by atoms with Gasteiger partial charge in [-0.1, -0.05) is 29.8 Å². The minimum Gasteiger partial charge on any atom is -0.452 e. The number of Topliss-reactive ketones (excluding diaryl/α,β-unsaturated/α-hetero) is 1. The van der Waals surface area contributed by atoms with Gasteiger partial charge in [0.1, 0.15) is 11.5 Å². The molecule has 0 bridgehead atoms. The third-order valence-corrected chi connectivity index (χ3v) is 4.54. The van der Waals surface area contributed by atoms with E-state index >= 15 is 0 Å². The molecule has 0 saturated carbocycles. The van der Waals surface area contributed by atoms with Crippen LogP contribution in [0.3, 0.4) is 0 Å². The molecular formula is C23H15NO6. The number of ketones is 1. The molecule has 30 heavy (non-hydrogen) atoms. The summed E-state index contributed by atoms with van der Waals surface area (Å²) in [5, 5.41) is 10.7. The normalized spacial score (nSPS) is 13.6. The molecule has 0 aliphatic carbocycles.